The molecule has 4 nitrogen and oxygen atoms in total. The molecule has 20 heavy (non-hydrogen) atoms. The molecule has 0 unspecified atom stereocenters. The Morgan fingerprint density at radius 2 is 1.95 bits per heavy atom. The molecule has 0 bridgehead atoms. The van der Waals surface area contributed by atoms with Crippen LogP contribution in [0, 0.1) is 0 Å². The molecular weight excluding hydrogens is 360 g/mol. The molecule has 0 aliphatic heterocycles. The summed E-state index contributed by atoms with van der Waals surface area (Å²) in [6.07, 6.45) is -3.27. The highest BCUT2D eigenvalue weighted by Crippen LogP contribution is 2.36. The van der Waals surface area contributed by atoms with Crippen LogP contribution < -0.4 is 11.1 Å². The van der Waals surface area contributed by atoms with Gasteiger partial charge in [0.25, 0.3) is 0 Å². The van der Waals surface area contributed by atoms with Crippen molar-refractivity contribution >= 4 is 44.9 Å². The summed E-state index contributed by atoms with van der Waals surface area (Å²) in [5.41, 5.74) is 4.81. The summed E-state index contributed by atoms with van der Waals surface area (Å²) >= 11 is 9.01. The number of nitrogens with two attached hydrogens (primary N) is 1. The van der Waals surface area contributed by atoms with E-state index in [-0.39, 0.29) is 22.3 Å². The van der Waals surface area contributed by atoms with E-state index in [2.05, 4.69) is 31.2 Å². The van der Waals surface area contributed by atoms with Crippen molar-refractivity contribution < 1.29 is 13.2 Å². The van der Waals surface area contributed by atoms with Gasteiger partial charge in [-0.15, -0.1) is 0 Å². The number of halogens is 5. The van der Waals surface area contributed by atoms with Crippen LogP contribution >= 0.6 is 27.5 Å². The lowest BCUT2D eigenvalue weighted by Crippen LogP contribution is -2.06. The fourth-order valence-electron chi connectivity index (χ4n) is 1.40. The maximum Gasteiger partial charge on any atom is 0.416 e. The molecule has 2 aromatic rings. The van der Waals surface area contributed by atoms with Crippen molar-refractivity contribution in [2.45, 2.75) is 6.18 Å². The Labute approximate surface area is 125 Å². The van der Waals surface area contributed by atoms with Crippen molar-refractivity contribution in [1.82, 2.24) is 9.97 Å². The number of nitrogens with zero attached hydrogens (tertiary/aromatic N) is 2. The van der Waals surface area contributed by atoms with E-state index >= 15 is 0 Å². The Morgan fingerprint density at radius 1 is 1.25 bits per heavy atom. The van der Waals surface area contributed by atoms with Crippen molar-refractivity contribution in [3.05, 3.63) is 39.6 Å². The predicted molar refractivity (Wildman–Crippen MR) is 73.9 cm³/mol. The summed E-state index contributed by atoms with van der Waals surface area (Å²) in [6, 6.07) is 2.95. The van der Waals surface area contributed by atoms with Crippen LogP contribution in [0.5, 0.6) is 0 Å². The zero-order valence-electron chi connectivity index (χ0n) is 9.67. The first kappa shape index (κ1) is 14.9. The van der Waals surface area contributed by atoms with Crippen LogP contribution in [-0.4, -0.2) is 9.97 Å². The smallest absolute Gasteiger partial charge is 0.383 e. The van der Waals surface area contributed by atoms with Crippen molar-refractivity contribution in [3.8, 4) is 0 Å². The number of nitrogen functional groups attached to an aromatic ring is 1. The molecule has 1 heterocycles. The van der Waals surface area contributed by atoms with Crippen molar-refractivity contribution in [3.63, 3.8) is 0 Å². The standard InChI is InChI=1S/C11H7BrClF3N4/c12-8-9(17)18-4-19-10(8)20-7-3-5(11(14,15)16)1-2-6(7)13/h1-4H,(H3,17,18,19,20). The third-order valence-corrected chi connectivity index (χ3v) is 3.47. The molecule has 106 valence electrons. The van der Waals surface area contributed by atoms with Crippen molar-refractivity contribution in [2.24, 2.45) is 0 Å². The third-order valence-electron chi connectivity index (χ3n) is 2.36. The summed E-state index contributed by atoms with van der Waals surface area (Å²) in [5, 5.41) is 2.81. The van der Waals surface area contributed by atoms with E-state index in [1.165, 1.54) is 6.33 Å². The fourth-order valence-corrected chi connectivity index (χ4v) is 1.86. The number of hydrogen-bond acceptors (Lipinski definition) is 4. The maximum atomic E-state index is 12.7. The number of rotatable bonds is 2. The maximum absolute atomic E-state index is 12.7. The first-order chi connectivity index (χ1) is 9.29. The number of nitrogens with one attached hydrogen (secondary N) is 1. The van der Waals surface area contributed by atoms with Gasteiger partial charge in [-0.25, -0.2) is 9.97 Å². The molecule has 0 saturated heterocycles. The van der Waals surface area contributed by atoms with Gasteiger partial charge in [0.1, 0.15) is 22.4 Å². The van der Waals surface area contributed by atoms with Crippen LogP contribution in [0.3, 0.4) is 0 Å². The molecule has 0 aliphatic carbocycles. The Kier molecular flexibility index (Phi) is 4.05. The van der Waals surface area contributed by atoms with Gasteiger partial charge < -0.3 is 11.1 Å². The highest BCUT2D eigenvalue weighted by atomic mass is 79.9. The van der Waals surface area contributed by atoms with E-state index < -0.39 is 11.7 Å². The molecule has 0 amide bonds. The normalized spacial score (nSPS) is 11.4. The SMILES string of the molecule is Nc1ncnc(Nc2cc(C(F)(F)F)ccc2Cl)c1Br. The van der Waals surface area contributed by atoms with E-state index in [1.807, 2.05) is 0 Å². The molecule has 0 spiro atoms. The number of benzene rings is 1. The predicted octanol–water partition coefficient (Wildman–Crippen LogP) is 4.24. The molecule has 0 saturated carbocycles. The van der Waals surface area contributed by atoms with E-state index in [0.29, 0.717) is 4.47 Å². The monoisotopic (exact) mass is 366 g/mol. The second-order valence-corrected chi connectivity index (χ2v) is 4.94. The first-order valence-electron chi connectivity index (χ1n) is 5.19. The summed E-state index contributed by atoms with van der Waals surface area (Å²) in [6.45, 7) is 0. The van der Waals surface area contributed by atoms with E-state index in [1.54, 1.807) is 0 Å². The van der Waals surface area contributed by atoms with Crippen LogP contribution in [0.15, 0.2) is 29.0 Å². The highest BCUT2D eigenvalue weighted by Gasteiger charge is 2.31. The minimum absolute atomic E-state index is 0.0697. The molecule has 0 fully saturated rings. The Morgan fingerprint density at radius 3 is 2.60 bits per heavy atom. The lowest BCUT2D eigenvalue weighted by molar-refractivity contribution is -0.137. The molecule has 0 aliphatic rings. The second-order valence-electron chi connectivity index (χ2n) is 3.74. The van der Waals surface area contributed by atoms with E-state index in [4.69, 9.17) is 17.3 Å². The molecule has 0 radical (unpaired) electrons. The zero-order valence-corrected chi connectivity index (χ0v) is 12.0. The topological polar surface area (TPSA) is 63.8 Å². The second kappa shape index (κ2) is 5.45. The number of hydrogen-bond donors (Lipinski definition) is 2. The van der Waals surface area contributed by atoms with Gasteiger partial charge in [0, 0.05) is 0 Å². The van der Waals surface area contributed by atoms with Crippen molar-refractivity contribution in [1.29, 1.82) is 0 Å². The van der Waals surface area contributed by atoms with Crippen LogP contribution in [-0.2, 0) is 6.18 Å². The summed E-state index contributed by atoms with van der Waals surface area (Å²) in [7, 11) is 0. The largest absolute Gasteiger partial charge is 0.416 e. The Bertz CT molecular complexity index is 648. The highest BCUT2D eigenvalue weighted by molar-refractivity contribution is 9.10. The van der Waals surface area contributed by atoms with Gasteiger partial charge in [0.2, 0.25) is 0 Å². The van der Waals surface area contributed by atoms with E-state index in [9.17, 15) is 13.2 Å². The van der Waals surface area contributed by atoms with Gasteiger partial charge in [-0.1, -0.05) is 11.6 Å². The molecule has 1 aromatic heterocycles. The zero-order chi connectivity index (χ0) is 14.9. The van der Waals surface area contributed by atoms with Gasteiger partial charge in [0.05, 0.1) is 16.3 Å². The van der Waals surface area contributed by atoms with Crippen LogP contribution in [0.1, 0.15) is 5.56 Å². The van der Waals surface area contributed by atoms with Crippen LogP contribution in [0.4, 0.5) is 30.5 Å². The number of aromatic nitrogens is 2. The Hall–Kier alpha value is -1.54. The quantitative estimate of drug-likeness (QED) is 0.833. The van der Waals surface area contributed by atoms with Gasteiger partial charge >= 0.3 is 6.18 Å². The van der Waals surface area contributed by atoms with E-state index in [0.717, 1.165) is 18.2 Å². The Balaban J connectivity index is 2.41. The number of alkyl halides is 3. The average Bonchev–Trinajstić information content (AvgIpc) is 2.36. The molecule has 0 atom stereocenters. The van der Waals surface area contributed by atoms with Crippen molar-refractivity contribution in [2.75, 3.05) is 11.1 Å². The van der Waals surface area contributed by atoms with Crippen LogP contribution in [0.25, 0.3) is 0 Å². The lowest BCUT2D eigenvalue weighted by Gasteiger charge is -2.13. The summed E-state index contributed by atoms with van der Waals surface area (Å²) in [4.78, 5) is 7.61. The van der Waals surface area contributed by atoms with Gasteiger partial charge in [-0.05, 0) is 34.1 Å². The average molecular weight is 368 g/mol. The molecule has 2 rings (SSSR count). The molecule has 3 N–H and O–H groups in total. The first-order valence-corrected chi connectivity index (χ1v) is 6.36. The fraction of sp³-hybridized carbons (Fsp3) is 0.0909. The number of anilines is 3. The minimum atomic E-state index is -4.46. The lowest BCUT2D eigenvalue weighted by atomic mass is 10.2. The molecule has 1 aromatic carbocycles. The van der Waals surface area contributed by atoms with Gasteiger partial charge in [-0.2, -0.15) is 13.2 Å². The molecule has 9 heteroatoms. The molecular formula is C11H7BrClF3N4. The minimum Gasteiger partial charge on any atom is -0.383 e. The summed E-state index contributed by atoms with van der Waals surface area (Å²) < 4.78 is 38.3. The van der Waals surface area contributed by atoms with Gasteiger partial charge in [-0.3, -0.25) is 0 Å². The summed E-state index contributed by atoms with van der Waals surface area (Å²) in [5.74, 6) is 0.379. The third kappa shape index (κ3) is 3.13. The van der Waals surface area contributed by atoms with Gasteiger partial charge in [0.15, 0.2) is 0 Å². The van der Waals surface area contributed by atoms with Crippen LogP contribution in [0.2, 0.25) is 5.02 Å².